The fraction of sp³-hybridized carbons (Fsp3) is 0.333. The fourth-order valence-corrected chi connectivity index (χ4v) is 5.59. The average Bonchev–Trinajstić information content (AvgIpc) is 3.44. The van der Waals surface area contributed by atoms with Gasteiger partial charge in [-0.3, -0.25) is 4.90 Å². The van der Waals surface area contributed by atoms with Crippen LogP contribution in [0.1, 0.15) is 19.5 Å². The van der Waals surface area contributed by atoms with Crippen LogP contribution in [0.25, 0.3) is 5.69 Å². The molecule has 0 atom stereocenters. The Balaban J connectivity index is 1.35. The number of sulfone groups is 1. The Hall–Kier alpha value is -3.78. The molecule has 0 bridgehead atoms. The third kappa shape index (κ3) is 6.59. The zero-order valence-corrected chi connectivity index (χ0v) is 24.5. The number of aromatic nitrogens is 5. The first kappa shape index (κ1) is 28.7. The van der Waals surface area contributed by atoms with E-state index in [1.807, 2.05) is 24.4 Å². The molecule has 1 aliphatic heterocycles. The third-order valence-electron chi connectivity index (χ3n) is 6.54. The van der Waals surface area contributed by atoms with Gasteiger partial charge in [-0.2, -0.15) is 4.98 Å². The van der Waals surface area contributed by atoms with Crippen molar-refractivity contribution in [3.8, 4) is 11.4 Å². The lowest BCUT2D eigenvalue weighted by atomic mass is 10.2. The summed E-state index contributed by atoms with van der Waals surface area (Å²) in [6, 6.07) is 12.2. The molecule has 0 aliphatic carbocycles. The summed E-state index contributed by atoms with van der Waals surface area (Å²) < 4.78 is 38.5. The van der Waals surface area contributed by atoms with Crippen LogP contribution < -0.4 is 15.4 Å². The minimum Gasteiger partial charge on any atom is -0.494 e. The molecule has 0 saturated carbocycles. The van der Waals surface area contributed by atoms with Crippen LogP contribution in [-0.4, -0.2) is 76.9 Å². The Morgan fingerprint density at radius 3 is 2.63 bits per heavy atom. The first-order chi connectivity index (χ1) is 19.7. The molecule has 2 N–H and O–H groups in total. The van der Waals surface area contributed by atoms with Gasteiger partial charge in [0.15, 0.2) is 15.7 Å². The minimum atomic E-state index is -3.54. The second-order valence-electron chi connectivity index (χ2n) is 9.66. The van der Waals surface area contributed by atoms with E-state index in [2.05, 4.69) is 35.8 Å². The lowest BCUT2D eigenvalue weighted by Gasteiger charge is -2.25. The molecule has 216 valence electrons. The van der Waals surface area contributed by atoms with Crippen LogP contribution in [0.3, 0.4) is 0 Å². The van der Waals surface area contributed by atoms with Crippen LogP contribution in [-0.2, 0) is 21.1 Å². The largest absolute Gasteiger partial charge is 0.494 e. The monoisotopic (exact) mass is 598 g/mol. The SMILES string of the molecule is COc1cc(-n2cc(CN3CCOCC3)nn2)ccc1Nc1ncc(Cl)c(Nc2ccccc2S(=O)(=O)C(C)C)n1. The highest BCUT2D eigenvalue weighted by Gasteiger charge is 2.23. The van der Waals surface area contributed by atoms with E-state index in [-0.39, 0.29) is 21.7 Å². The number of morpholine rings is 1. The fourth-order valence-electron chi connectivity index (χ4n) is 4.25. The second kappa shape index (κ2) is 12.4. The summed E-state index contributed by atoms with van der Waals surface area (Å²) >= 11 is 6.37. The summed E-state index contributed by atoms with van der Waals surface area (Å²) in [7, 11) is -1.97. The summed E-state index contributed by atoms with van der Waals surface area (Å²) in [6.45, 7) is 7.17. The normalized spacial score (nSPS) is 14.3. The summed E-state index contributed by atoms with van der Waals surface area (Å²) in [6.07, 6.45) is 3.33. The number of nitrogens with zero attached hydrogens (tertiary/aromatic N) is 6. The van der Waals surface area contributed by atoms with Gasteiger partial charge < -0.3 is 20.1 Å². The van der Waals surface area contributed by atoms with Gasteiger partial charge >= 0.3 is 0 Å². The molecule has 0 amide bonds. The predicted molar refractivity (Wildman–Crippen MR) is 156 cm³/mol. The Bertz CT molecular complexity index is 1620. The summed E-state index contributed by atoms with van der Waals surface area (Å²) in [5, 5.41) is 14.4. The molecule has 14 heteroatoms. The highest BCUT2D eigenvalue weighted by Crippen LogP contribution is 2.32. The topological polar surface area (TPSA) is 136 Å². The smallest absolute Gasteiger partial charge is 0.229 e. The van der Waals surface area contributed by atoms with Crippen LogP contribution in [0.4, 0.5) is 23.1 Å². The van der Waals surface area contributed by atoms with Crippen molar-refractivity contribution in [1.29, 1.82) is 0 Å². The predicted octanol–water partition coefficient (Wildman–Crippen LogP) is 4.22. The molecule has 41 heavy (non-hydrogen) atoms. The maximum atomic E-state index is 12.9. The van der Waals surface area contributed by atoms with E-state index in [0.717, 1.165) is 37.7 Å². The number of benzene rings is 2. The van der Waals surface area contributed by atoms with E-state index in [1.165, 1.54) is 6.20 Å². The van der Waals surface area contributed by atoms with Gasteiger partial charge in [-0.1, -0.05) is 28.9 Å². The van der Waals surface area contributed by atoms with Crippen molar-refractivity contribution in [2.45, 2.75) is 30.5 Å². The number of ether oxygens (including phenoxy) is 2. The average molecular weight is 599 g/mol. The van der Waals surface area contributed by atoms with Gasteiger partial charge in [0.2, 0.25) is 5.95 Å². The highest BCUT2D eigenvalue weighted by molar-refractivity contribution is 7.92. The van der Waals surface area contributed by atoms with E-state index >= 15 is 0 Å². The maximum Gasteiger partial charge on any atom is 0.229 e. The van der Waals surface area contributed by atoms with Gasteiger partial charge in [0.1, 0.15) is 10.8 Å². The Morgan fingerprint density at radius 1 is 1.10 bits per heavy atom. The lowest BCUT2D eigenvalue weighted by Crippen LogP contribution is -2.35. The van der Waals surface area contributed by atoms with Crippen molar-refractivity contribution in [3.63, 3.8) is 0 Å². The van der Waals surface area contributed by atoms with Crippen molar-refractivity contribution in [1.82, 2.24) is 29.9 Å². The molecule has 3 heterocycles. The van der Waals surface area contributed by atoms with E-state index in [1.54, 1.807) is 49.9 Å². The second-order valence-corrected chi connectivity index (χ2v) is 12.5. The minimum absolute atomic E-state index is 0.164. The van der Waals surface area contributed by atoms with Gasteiger partial charge in [-0.05, 0) is 38.1 Å². The first-order valence-corrected chi connectivity index (χ1v) is 15.0. The Labute approximate surface area is 243 Å². The van der Waals surface area contributed by atoms with Gasteiger partial charge in [0.05, 0.1) is 65.6 Å². The molecule has 1 fully saturated rings. The van der Waals surface area contributed by atoms with E-state index in [0.29, 0.717) is 23.7 Å². The number of rotatable bonds is 10. The summed E-state index contributed by atoms with van der Waals surface area (Å²) in [4.78, 5) is 11.2. The van der Waals surface area contributed by atoms with Gasteiger partial charge in [-0.25, -0.2) is 18.1 Å². The molecular formula is C27H31ClN8O4S. The number of methoxy groups -OCH3 is 1. The van der Waals surface area contributed by atoms with Crippen molar-refractivity contribution >= 4 is 44.6 Å². The molecule has 0 spiro atoms. The van der Waals surface area contributed by atoms with Crippen molar-refractivity contribution in [2.75, 3.05) is 44.0 Å². The first-order valence-electron chi connectivity index (χ1n) is 13.0. The van der Waals surface area contributed by atoms with Crippen LogP contribution in [0.15, 0.2) is 59.8 Å². The van der Waals surface area contributed by atoms with Crippen molar-refractivity contribution in [2.24, 2.45) is 0 Å². The molecule has 0 unspecified atom stereocenters. The van der Waals surface area contributed by atoms with Crippen molar-refractivity contribution < 1.29 is 17.9 Å². The standard InChI is InChI=1S/C27H31ClN8O4S/c1-18(2)41(37,38)25-7-5-4-6-23(25)30-26-21(28)15-29-27(32-26)31-22-9-8-20(14-24(22)39-3)36-17-19(33-34-36)16-35-10-12-40-13-11-35/h4-9,14-15,17-18H,10-13,16H2,1-3H3,(H2,29,30,31,32). The van der Waals surface area contributed by atoms with Crippen LogP contribution >= 0.6 is 11.6 Å². The third-order valence-corrected chi connectivity index (χ3v) is 9.02. The molecule has 1 saturated heterocycles. The number of para-hydroxylation sites is 1. The molecule has 0 radical (unpaired) electrons. The zero-order valence-electron chi connectivity index (χ0n) is 22.9. The number of nitrogens with one attached hydrogen (secondary N) is 2. The van der Waals surface area contributed by atoms with E-state index in [4.69, 9.17) is 21.1 Å². The number of hydrogen-bond acceptors (Lipinski definition) is 11. The van der Waals surface area contributed by atoms with Gasteiger partial charge in [-0.15, -0.1) is 5.10 Å². The number of halogens is 1. The molecule has 4 aromatic rings. The molecule has 5 rings (SSSR count). The molecule has 1 aliphatic rings. The van der Waals surface area contributed by atoms with E-state index < -0.39 is 15.1 Å². The van der Waals surface area contributed by atoms with Gasteiger partial charge in [0.25, 0.3) is 0 Å². The lowest BCUT2D eigenvalue weighted by molar-refractivity contribution is 0.0336. The quantitative estimate of drug-likeness (QED) is 0.271. The molecule has 2 aromatic heterocycles. The highest BCUT2D eigenvalue weighted by atomic mass is 35.5. The molecular weight excluding hydrogens is 568 g/mol. The van der Waals surface area contributed by atoms with Crippen molar-refractivity contribution in [3.05, 3.63) is 65.6 Å². The Morgan fingerprint density at radius 2 is 1.88 bits per heavy atom. The summed E-state index contributed by atoms with van der Waals surface area (Å²) in [5.41, 5.74) is 2.62. The number of anilines is 4. The molecule has 2 aromatic carbocycles. The van der Waals surface area contributed by atoms with E-state index in [9.17, 15) is 8.42 Å². The van der Waals surface area contributed by atoms with Crippen LogP contribution in [0.5, 0.6) is 5.75 Å². The summed E-state index contributed by atoms with van der Waals surface area (Å²) in [5.74, 6) is 1.02. The maximum absolute atomic E-state index is 12.9. The molecule has 12 nitrogen and oxygen atoms in total. The zero-order chi connectivity index (χ0) is 29.0. The van der Waals surface area contributed by atoms with Crippen LogP contribution in [0, 0.1) is 0 Å². The van der Waals surface area contributed by atoms with Crippen LogP contribution in [0.2, 0.25) is 5.02 Å². The Kier molecular flexibility index (Phi) is 8.68. The number of hydrogen-bond donors (Lipinski definition) is 2. The van der Waals surface area contributed by atoms with Gasteiger partial charge in [0, 0.05) is 25.7 Å².